The molecular formula is C13H28N2OS. The minimum Gasteiger partial charge on any atom is -0.383 e. The van der Waals surface area contributed by atoms with Crippen molar-refractivity contribution in [2.24, 2.45) is 0 Å². The molecule has 0 aromatic rings. The van der Waals surface area contributed by atoms with Gasteiger partial charge < -0.3 is 10.1 Å². The fourth-order valence-electron chi connectivity index (χ4n) is 2.09. The van der Waals surface area contributed by atoms with Crippen LogP contribution in [0, 0.1) is 0 Å². The van der Waals surface area contributed by atoms with Gasteiger partial charge in [0, 0.05) is 49.3 Å². The quantitative estimate of drug-likeness (QED) is 0.815. The van der Waals surface area contributed by atoms with Crippen molar-refractivity contribution in [2.45, 2.75) is 44.5 Å². The lowest BCUT2D eigenvalue weighted by molar-refractivity contribution is 0.0880. The van der Waals surface area contributed by atoms with Gasteiger partial charge in [-0.05, 0) is 20.8 Å². The molecule has 0 spiro atoms. The van der Waals surface area contributed by atoms with Crippen LogP contribution in [0.1, 0.15) is 27.7 Å². The van der Waals surface area contributed by atoms with E-state index in [0.29, 0.717) is 6.04 Å². The highest BCUT2D eigenvalue weighted by Crippen LogP contribution is 2.19. The molecule has 0 aromatic carbocycles. The summed E-state index contributed by atoms with van der Waals surface area (Å²) in [6.07, 6.45) is 0. The molecule has 0 saturated carbocycles. The molecule has 17 heavy (non-hydrogen) atoms. The van der Waals surface area contributed by atoms with E-state index in [1.807, 2.05) is 0 Å². The van der Waals surface area contributed by atoms with E-state index in [2.05, 4.69) is 49.7 Å². The molecule has 1 aliphatic heterocycles. The fourth-order valence-corrected chi connectivity index (χ4v) is 3.13. The summed E-state index contributed by atoms with van der Waals surface area (Å²) in [6.45, 7) is 13.2. The number of methoxy groups -OCH3 is 1. The van der Waals surface area contributed by atoms with E-state index in [4.69, 9.17) is 4.74 Å². The van der Waals surface area contributed by atoms with Crippen LogP contribution >= 0.6 is 11.8 Å². The zero-order valence-electron chi connectivity index (χ0n) is 12.0. The summed E-state index contributed by atoms with van der Waals surface area (Å²) in [4.78, 5) is 2.57. The lowest BCUT2D eigenvalue weighted by Gasteiger charge is -2.38. The van der Waals surface area contributed by atoms with Gasteiger partial charge in [-0.25, -0.2) is 0 Å². The van der Waals surface area contributed by atoms with E-state index in [0.717, 1.165) is 18.4 Å². The molecule has 1 heterocycles. The Labute approximate surface area is 111 Å². The molecule has 0 amide bonds. The van der Waals surface area contributed by atoms with Gasteiger partial charge in [0.05, 0.1) is 6.61 Å². The maximum Gasteiger partial charge on any atom is 0.0630 e. The first-order chi connectivity index (χ1) is 7.92. The molecule has 1 rings (SSSR count). The second kappa shape index (κ2) is 6.98. The Morgan fingerprint density at radius 2 is 2.18 bits per heavy atom. The predicted molar refractivity (Wildman–Crippen MR) is 76.9 cm³/mol. The molecule has 102 valence electrons. The van der Waals surface area contributed by atoms with Crippen molar-refractivity contribution in [3.63, 3.8) is 0 Å². The van der Waals surface area contributed by atoms with Crippen LogP contribution in [-0.4, -0.2) is 60.8 Å². The van der Waals surface area contributed by atoms with Crippen molar-refractivity contribution in [1.29, 1.82) is 0 Å². The monoisotopic (exact) mass is 260 g/mol. The van der Waals surface area contributed by atoms with Gasteiger partial charge >= 0.3 is 0 Å². The van der Waals surface area contributed by atoms with Crippen molar-refractivity contribution >= 4 is 11.8 Å². The Morgan fingerprint density at radius 3 is 2.71 bits per heavy atom. The molecular weight excluding hydrogens is 232 g/mol. The molecule has 0 radical (unpaired) electrons. The van der Waals surface area contributed by atoms with Gasteiger partial charge in [0.2, 0.25) is 0 Å². The van der Waals surface area contributed by atoms with E-state index in [1.54, 1.807) is 7.11 Å². The summed E-state index contributed by atoms with van der Waals surface area (Å²) in [5.41, 5.74) is 0.183. The van der Waals surface area contributed by atoms with Gasteiger partial charge in [0.15, 0.2) is 0 Å². The van der Waals surface area contributed by atoms with Gasteiger partial charge in [-0.3, -0.25) is 4.90 Å². The number of thioether (sulfide) groups is 1. The minimum absolute atomic E-state index is 0.183. The Morgan fingerprint density at radius 1 is 1.47 bits per heavy atom. The van der Waals surface area contributed by atoms with E-state index in [1.165, 1.54) is 18.8 Å². The van der Waals surface area contributed by atoms with Crippen molar-refractivity contribution in [3.05, 3.63) is 0 Å². The molecule has 1 aliphatic rings. The first-order valence-electron chi connectivity index (χ1n) is 6.52. The van der Waals surface area contributed by atoms with Crippen LogP contribution in [0.5, 0.6) is 0 Å². The zero-order chi connectivity index (χ0) is 12.9. The average Bonchev–Trinajstić information content (AvgIpc) is 2.23. The molecule has 3 nitrogen and oxygen atoms in total. The van der Waals surface area contributed by atoms with Gasteiger partial charge in [0.25, 0.3) is 0 Å². The second-order valence-electron chi connectivity index (χ2n) is 5.92. The maximum atomic E-state index is 5.37. The van der Waals surface area contributed by atoms with Crippen LogP contribution in [0.25, 0.3) is 0 Å². The van der Waals surface area contributed by atoms with Gasteiger partial charge in [-0.15, -0.1) is 0 Å². The van der Waals surface area contributed by atoms with Crippen LogP contribution in [0.2, 0.25) is 0 Å². The lowest BCUT2D eigenvalue weighted by atomic mass is 10.1. The van der Waals surface area contributed by atoms with E-state index in [9.17, 15) is 0 Å². The summed E-state index contributed by atoms with van der Waals surface area (Å²) in [5.74, 6) is 1.25. The number of nitrogens with zero attached hydrogens (tertiary/aromatic N) is 1. The average molecular weight is 260 g/mol. The highest BCUT2D eigenvalue weighted by molar-refractivity contribution is 7.99. The van der Waals surface area contributed by atoms with Gasteiger partial charge in [-0.2, -0.15) is 11.8 Å². The van der Waals surface area contributed by atoms with Crippen LogP contribution in [0.4, 0.5) is 0 Å². The number of rotatable bonds is 5. The topological polar surface area (TPSA) is 24.5 Å². The molecule has 1 saturated heterocycles. The summed E-state index contributed by atoms with van der Waals surface area (Å²) >= 11 is 2.08. The second-order valence-corrected chi connectivity index (χ2v) is 7.46. The molecule has 2 unspecified atom stereocenters. The predicted octanol–water partition coefficient (Wildman–Crippen LogP) is 1.83. The Balaban J connectivity index is 2.46. The molecule has 2 atom stereocenters. The van der Waals surface area contributed by atoms with Crippen LogP contribution < -0.4 is 5.32 Å². The Hall–Kier alpha value is 0.230. The summed E-state index contributed by atoms with van der Waals surface area (Å²) in [7, 11) is 1.80. The van der Waals surface area contributed by atoms with Crippen molar-refractivity contribution in [2.75, 3.05) is 39.1 Å². The summed E-state index contributed by atoms with van der Waals surface area (Å²) in [5, 5.41) is 4.34. The Kier molecular flexibility index (Phi) is 6.27. The first kappa shape index (κ1) is 15.3. The zero-order valence-corrected chi connectivity index (χ0v) is 12.8. The smallest absolute Gasteiger partial charge is 0.0630 e. The van der Waals surface area contributed by atoms with E-state index >= 15 is 0 Å². The van der Waals surface area contributed by atoms with Crippen molar-refractivity contribution in [3.8, 4) is 0 Å². The molecule has 0 aromatic heterocycles. The summed E-state index contributed by atoms with van der Waals surface area (Å²) < 4.78 is 5.37. The fraction of sp³-hybridized carbons (Fsp3) is 1.00. The van der Waals surface area contributed by atoms with Crippen LogP contribution in [0.15, 0.2) is 0 Å². The van der Waals surface area contributed by atoms with Crippen LogP contribution in [0.3, 0.4) is 0 Å². The molecule has 0 aliphatic carbocycles. The SMILES string of the molecule is COCC(CNC(C)(C)C)N1CCSC(C)C1. The number of hydrogen-bond donors (Lipinski definition) is 1. The third-order valence-corrected chi connectivity index (χ3v) is 4.15. The van der Waals surface area contributed by atoms with Gasteiger partial charge in [-0.1, -0.05) is 6.92 Å². The maximum absolute atomic E-state index is 5.37. The first-order valence-corrected chi connectivity index (χ1v) is 7.57. The molecule has 1 N–H and O–H groups in total. The van der Waals surface area contributed by atoms with E-state index < -0.39 is 0 Å². The lowest BCUT2D eigenvalue weighted by Crippen LogP contribution is -2.52. The highest BCUT2D eigenvalue weighted by atomic mass is 32.2. The molecule has 4 heteroatoms. The minimum atomic E-state index is 0.183. The number of hydrogen-bond acceptors (Lipinski definition) is 4. The standard InChI is InChI=1S/C13H28N2OS/c1-11-9-15(6-7-17-11)12(10-16-5)8-14-13(2,3)4/h11-12,14H,6-10H2,1-5H3. The normalized spacial score (nSPS) is 24.9. The molecule has 0 bridgehead atoms. The third-order valence-electron chi connectivity index (χ3n) is 3.02. The largest absolute Gasteiger partial charge is 0.383 e. The van der Waals surface area contributed by atoms with Crippen molar-refractivity contribution in [1.82, 2.24) is 10.2 Å². The number of nitrogens with one attached hydrogen (secondary N) is 1. The highest BCUT2D eigenvalue weighted by Gasteiger charge is 2.25. The third kappa shape index (κ3) is 6.09. The van der Waals surface area contributed by atoms with Crippen molar-refractivity contribution < 1.29 is 4.74 Å². The van der Waals surface area contributed by atoms with Gasteiger partial charge in [0.1, 0.15) is 0 Å². The summed E-state index contributed by atoms with van der Waals surface area (Å²) in [6, 6.07) is 0.502. The van der Waals surface area contributed by atoms with Crippen LogP contribution in [-0.2, 0) is 4.74 Å². The molecule has 1 fully saturated rings. The van der Waals surface area contributed by atoms with E-state index in [-0.39, 0.29) is 5.54 Å². The Bertz CT molecular complexity index is 218. The number of ether oxygens (including phenoxy) is 1.